The lowest BCUT2D eigenvalue weighted by Gasteiger charge is -2.13. The van der Waals surface area contributed by atoms with E-state index in [-0.39, 0.29) is 11.9 Å². The van der Waals surface area contributed by atoms with Crippen molar-refractivity contribution in [2.45, 2.75) is 26.4 Å². The second kappa shape index (κ2) is 5.71. The van der Waals surface area contributed by atoms with Gasteiger partial charge in [-0.1, -0.05) is 29.8 Å². The lowest BCUT2D eigenvalue weighted by molar-refractivity contribution is 0.0910. The highest BCUT2D eigenvalue weighted by atomic mass is 16.4. The summed E-state index contributed by atoms with van der Waals surface area (Å²) in [5, 5.41) is 2.90. The van der Waals surface area contributed by atoms with E-state index < -0.39 is 0 Å². The molecule has 100 valence electrons. The van der Waals surface area contributed by atoms with E-state index in [2.05, 4.69) is 5.32 Å². The molecule has 1 amide bonds. The summed E-state index contributed by atoms with van der Waals surface area (Å²) in [6, 6.07) is 11.3. The second-order valence-electron chi connectivity index (χ2n) is 4.58. The lowest BCUT2D eigenvalue weighted by Crippen LogP contribution is -2.26. The third kappa shape index (κ3) is 3.23. The van der Waals surface area contributed by atoms with E-state index in [1.807, 2.05) is 38.1 Å². The minimum absolute atomic E-state index is 0.0699. The van der Waals surface area contributed by atoms with Crippen molar-refractivity contribution in [2.75, 3.05) is 0 Å². The summed E-state index contributed by atoms with van der Waals surface area (Å²) >= 11 is 0. The van der Waals surface area contributed by atoms with Crippen LogP contribution in [-0.2, 0) is 6.54 Å². The van der Waals surface area contributed by atoms with Gasteiger partial charge in [0, 0.05) is 0 Å². The summed E-state index contributed by atoms with van der Waals surface area (Å²) < 4.78 is 5.31. The Bertz CT molecular complexity index is 558. The van der Waals surface area contributed by atoms with Crippen LogP contribution in [0.1, 0.15) is 40.4 Å². The van der Waals surface area contributed by atoms with Gasteiger partial charge >= 0.3 is 0 Å². The third-order valence-corrected chi connectivity index (χ3v) is 3.01. The van der Waals surface area contributed by atoms with Gasteiger partial charge < -0.3 is 15.5 Å². The summed E-state index contributed by atoms with van der Waals surface area (Å²) in [6.07, 6.45) is 0. The van der Waals surface area contributed by atoms with E-state index in [4.69, 9.17) is 10.2 Å². The number of amides is 1. The average molecular weight is 258 g/mol. The summed E-state index contributed by atoms with van der Waals surface area (Å²) in [4.78, 5) is 12.0. The maximum absolute atomic E-state index is 12.0. The molecule has 19 heavy (non-hydrogen) atoms. The number of carbonyl (C=O) groups excluding carboxylic acids is 1. The molecule has 1 aromatic carbocycles. The molecule has 0 radical (unpaired) electrons. The van der Waals surface area contributed by atoms with E-state index in [0.717, 1.165) is 5.56 Å². The van der Waals surface area contributed by atoms with Crippen LogP contribution >= 0.6 is 0 Å². The van der Waals surface area contributed by atoms with Gasteiger partial charge in [0.05, 0.1) is 12.6 Å². The van der Waals surface area contributed by atoms with Crippen LogP contribution in [0.2, 0.25) is 0 Å². The molecule has 0 bridgehead atoms. The largest absolute Gasteiger partial charge is 0.455 e. The van der Waals surface area contributed by atoms with Crippen LogP contribution in [0.5, 0.6) is 0 Å². The van der Waals surface area contributed by atoms with Gasteiger partial charge in [-0.15, -0.1) is 0 Å². The smallest absolute Gasteiger partial charge is 0.287 e. The Kier molecular flexibility index (Phi) is 4.02. The van der Waals surface area contributed by atoms with Crippen molar-refractivity contribution in [1.82, 2.24) is 5.32 Å². The molecule has 0 fully saturated rings. The second-order valence-corrected chi connectivity index (χ2v) is 4.58. The van der Waals surface area contributed by atoms with Crippen molar-refractivity contribution >= 4 is 5.91 Å². The lowest BCUT2D eigenvalue weighted by atomic mass is 10.1. The minimum Gasteiger partial charge on any atom is -0.455 e. The van der Waals surface area contributed by atoms with Crippen LogP contribution in [-0.4, -0.2) is 5.91 Å². The Balaban J connectivity index is 2.04. The summed E-state index contributed by atoms with van der Waals surface area (Å²) in [5.74, 6) is 0.667. The number of aryl methyl sites for hydroxylation is 1. The molecule has 0 spiro atoms. The van der Waals surface area contributed by atoms with Crippen molar-refractivity contribution in [1.29, 1.82) is 0 Å². The fraction of sp³-hybridized carbons (Fsp3) is 0.267. The number of nitrogens with two attached hydrogens (primary N) is 1. The van der Waals surface area contributed by atoms with Crippen LogP contribution in [0.25, 0.3) is 0 Å². The van der Waals surface area contributed by atoms with Crippen molar-refractivity contribution in [3.05, 3.63) is 59.0 Å². The molecule has 0 saturated heterocycles. The van der Waals surface area contributed by atoms with Crippen molar-refractivity contribution in [3.8, 4) is 0 Å². The fourth-order valence-corrected chi connectivity index (χ4v) is 1.82. The molecule has 2 rings (SSSR count). The number of hydrogen-bond donors (Lipinski definition) is 2. The normalized spacial score (nSPS) is 12.2. The molecule has 0 unspecified atom stereocenters. The highest BCUT2D eigenvalue weighted by molar-refractivity contribution is 5.91. The number of carbonyl (C=O) groups is 1. The Hall–Kier alpha value is -2.07. The molecule has 4 nitrogen and oxygen atoms in total. The monoisotopic (exact) mass is 258 g/mol. The molecule has 0 saturated carbocycles. The van der Waals surface area contributed by atoms with Crippen molar-refractivity contribution in [3.63, 3.8) is 0 Å². The number of furan rings is 1. The first-order valence-corrected chi connectivity index (χ1v) is 6.26. The van der Waals surface area contributed by atoms with Gasteiger partial charge in [0.25, 0.3) is 5.91 Å². The van der Waals surface area contributed by atoms with Gasteiger partial charge in [-0.05, 0) is 31.5 Å². The van der Waals surface area contributed by atoms with E-state index in [9.17, 15) is 4.79 Å². The zero-order valence-corrected chi connectivity index (χ0v) is 11.1. The van der Waals surface area contributed by atoms with E-state index in [0.29, 0.717) is 18.1 Å². The van der Waals surface area contributed by atoms with Gasteiger partial charge in [-0.3, -0.25) is 4.79 Å². The molecule has 0 aliphatic carbocycles. The molecule has 1 atom stereocenters. The standard InChI is InChI=1S/C15H18N2O2/c1-10-3-5-12(6-4-10)11(2)17-15(18)14-8-7-13(9-16)19-14/h3-8,11H,9,16H2,1-2H3,(H,17,18)/t11-/m0/s1. The predicted molar refractivity (Wildman–Crippen MR) is 73.7 cm³/mol. The molecule has 1 heterocycles. The topological polar surface area (TPSA) is 68.3 Å². The van der Waals surface area contributed by atoms with Crippen LogP contribution in [0, 0.1) is 6.92 Å². The van der Waals surface area contributed by atoms with Gasteiger partial charge in [0.15, 0.2) is 5.76 Å². The van der Waals surface area contributed by atoms with Gasteiger partial charge in [0.1, 0.15) is 5.76 Å². The van der Waals surface area contributed by atoms with Gasteiger partial charge in [-0.25, -0.2) is 0 Å². The van der Waals surface area contributed by atoms with E-state index in [1.54, 1.807) is 12.1 Å². The average Bonchev–Trinajstić information content (AvgIpc) is 2.88. The first-order chi connectivity index (χ1) is 9.10. The zero-order valence-electron chi connectivity index (χ0n) is 11.1. The minimum atomic E-state index is -0.229. The first kappa shape index (κ1) is 13.4. The molecular formula is C15H18N2O2. The van der Waals surface area contributed by atoms with Crippen molar-refractivity contribution in [2.24, 2.45) is 5.73 Å². The molecule has 1 aromatic heterocycles. The molecule has 0 aliphatic heterocycles. The number of hydrogen-bond acceptors (Lipinski definition) is 3. The maximum Gasteiger partial charge on any atom is 0.287 e. The molecule has 4 heteroatoms. The number of benzene rings is 1. The summed E-state index contributed by atoms with van der Waals surface area (Å²) in [7, 11) is 0. The summed E-state index contributed by atoms with van der Waals surface area (Å²) in [5.41, 5.74) is 7.70. The first-order valence-electron chi connectivity index (χ1n) is 6.26. The zero-order chi connectivity index (χ0) is 13.8. The van der Waals surface area contributed by atoms with Crippen LogP contribution in [0.15, 0.2) is 40.8 Å². The predicted octanol–water partition coefficient (Wildman–Crippen LogP) is 2.54. The number of rotatable bonds is 4. The molecule has 0 aliphatic rings. The third-order valence-electron chi connectivity index (χ3n) is 3.01. The van der Waals surface area contributed by atoms with E-state index in [1.165, 1.54) is 5.56 Å². The SMILES string of the molecule is Cc1ccc([C@H](C)NC(=O)c2ccc(CN)o2)cc1. The Morgan fingerprint density at radius 2 is 1.95 bits per heavy atom. The maximum atomic E-state index is 12.0. The highest BCUT2D eigenvalue weighted by Crippen LogP contribution is 2.14. The fourth-order valence-electron chi connectivity index (χ4n) is 1.82. The van der Waals surface area contributed by atoms with Crippen LogP contribution < -0.4 is 11.1 Å². The van der Waals surface area contributed by atoms with Gasteiger partial charge in [-0.2, -0.15) is 0 Å². The molecule has 2 aromatic rings. The summed E-state index contributed by atoms with van der Waals surface area (Å²) in [6.45, 7) is 4.26. The van der Waals surface area contributed by atoms with Crippen molar-refractivity contribution < 1.29 is 9.21 Å². The molecular weight excluding hydrogens is 240 g/mol. The quantitative estimate of drug-likeness (QED) is 0.885. The Morgan fingerprint density at radius 3 is 2.53 bits per heavy atom. The Labute approximate surface area is 112 Å². The van der Waals surface area contributed by atoms with E-state index >= 15 is 0 Å². The number of nitrogens with one attached hydrogen (secondary N) is 1. The molecule has 3 N–H and O–H groups in total. The highest BCUT2D eigenvalue weighted by Gasteiger charge is 2.14. The van der Waals surface area contributed by atoms with Gasteiger partial charge in [0.2, 0.25) is 0 Å². The Morgan fingerprint density at radius 1 is 1.26 bits per heavy atom. The van der Waals surface area contributed by atoms with Crippen LogP contribution in [0.3, 0.4) is 0 Å². The van der Waals surface area contributed by atoms with Crippen LogP contribution in [0.4, 0.5) is 0 Å².